The molecule has 2 saturated carbocycles. The first kappa shape index (κ1) is 10.4. The standard InChI is InChI=1S/C12H24N2/c1-2-14(12(10-13)8-9-12)11-6-4-3-5-7-11/h11H,2-10,13H2,1H3. The Morgan fingerprint density at radius 1 is 1.21 bits per heavy atom. The van der Waals surface area contributed by atoms with Crippen molar-refractivity contribution in [2.24, 2.45) is 5.73 Å². The molecule has 0 unspecified atom stereocenters. The van der Waals surface area contributed by atoms with E-state index in [2.05, 4.69) is 11.8 Å². The van der Waals surface area contributed by atoms with Crippen LogP contribution in [0.4, 0.5) is 0 Å². The van der Waals surface area contributed by atoms with Gasteiger partial charge in [-0.25, -0.2) is 0 Å². The Bertz CT molecular complexity index is 181. The fourth-order valence-electron chi connectivity index (χ4n) is 3.13. The smallest absolute Gasteiger partial charge is 0.0335 e. The van der Waals surface area contributed by atoms with Crippen molar-refractivity contribution in [3.05, 3.63) is 0 Å². The molecule has 0 heterocycles. The second-order valence-electron chi connectivity index (χ2n) is 5.01. The number of rotatable bonds is 4. The summed E-state index contributed by atoms with van der Waals surface area (Å²) in [4.78, 5) is 2.71. The van der Waals surface area contributed by atoms with Crippen molar-refractivity contribution in [3.63, 3.8) is 0 Å². The highest BCUT2D eigenvalue weighted by molar-refractivity contribution is 5.06. The molecule has 2 nitrogen and oxygen atoms in total. The van der Waals surface area contributed by atoms with Gasteiger partial charge in [-0.05, 0) is 32.2 Å². The number of hydrogen-bond acceptors (Lipinski definition) is 2. The van der Waals surface area contributed by atoms with Gasteiger partial charge in [-0.3, -0.25) is 4.90 Å². The summed E-state index contributed by atoms with van der Waals surface area (Å²) in [7, 11) is 0. The Labute approximate surface area is 87.8 Å². The first-order valence-corrected chi connectivity index (χ1v) is 6.29. The Kier molecular flexibility index (Phi) is 3.13. The highest BCUT2D eigenvalue weighted by Gasteiger charge is 2.48. The fourth-order valence-corrected chi connectivity index (χ4v) is 3.13. The predicted molar refractivity (Wildman–Crippen MR) is 60.3 cm³/mol. The van der Waals surface area contributed by atoms with Gasteiger partial charge in [0.05, 0.1) is 0 Å². The Morgan fingerprint density at radius 2 is 1.86 bits per heavy atom. The summed E-state index contributed by atoms with van der Waals surface area (Å²) in [6.45, 7) is 4.36. The summed E-state index contributed by atoms with van der Waals surface area (Å²) in [5, 5.41) is 0. The molecular weight excluding hydrogens is 172 g/mol. The van der Waals surface area contributed by atoms with Gasteiger partial charge in [-0.2, -0.15) is 0 Å². The van der Waals surface area contributed by atoms with E-state index in [-0.39, 0.29) is 0 Å². The lowest BCUT2D eigenvalue weighted by Gasteiger charge is -2.39. The molecule has 82 valence electrons. The van der Waals surface area contributed by atoms with Gasteiger partial charge >= 0.3 is 0 Å². The summed E-state index contributed by atoms with van der Waals surface area (Å²) in [6, 6.07) is 0.847. The molecule has 0 aromatic heterocycles. The molecule has 2 fully saturated rings. The van der Waals surface area contributed by atoms with Crippen molar-refractivity contribution in [1.29, 1.82) is 0 Å². The second-order valence-corrected chi connectivity index (χ2v) is 5.01. The molecule has 0 saturated heterocycles. The zero-order valence-corrected chi connectivity index (χ0v) is 9.47. The lowest BCUT2D eigenvalue weighted by Crippen LogP contribution is -2.49. The quantitative estimate of drug-likeness (QED) is 0.746. The third kappa shape index (κ3) is 1.82. The van der Waals surface area contributed by atoms with Crippen LogP contribution in [-0.2, 0) is 0 Å². The summed E-state index contributed by atoms with van der Waals surface area (Å²) in [6.07, 6.45) is 9.82. The topological polar surface area (TPSA) is 29.3 Å². The van der Waals surface area contributed by atoms with E-state index in [0.717, 1.165) is 12.6 Å². The molecule has 0 aromatic rings. The Hall–Kier alpha value is -0.0800. The third-order valence-corrected chi connectivity index (χ3v) is 4.17. The largest absolute Gasteiger partial charge is 0.329 e. The first-order valence-electron chi connectivity index (χ1n) is 6.29. The van der Waals surface area contributed by atoms with E-state index in [0.29, 0.717) is 5.54 Å². The highest BCUT2D eigenvalue weighted by Crippen LogP contribution is 2.43. The van der Waals surface area contributed by atoms with Crippen LogP contribution < -0.4 is 5.73 Å². The van der Waals surface area contributed by atoms with E-state index in [1.54, 1.807) is 0 Å². The Balaban J connectivity index is 1.97. The van der Waals surface area contributed by atoms with Crippen LogP contribution in [0.15, 0.2) is 0 Å². The minimum absolute atomic E-state index is 0.427. The van der Waals surface area contributed by atoms with Crippen LogP contribution in [-0.4, -0.2) is 29.6 Å². The fraction of sp³-hybridized carbons (Fsp3) is 1.00. The average Bonchev–Trinajstić information content (AvgIpc) is 3.02. The lowest BCUT2D eigenvalue weighted by atomic mass is 9.92. The van der Waals surface area contributed by atoms with Crippen molar-refractivity contribution < 1.29 is 0 Å². The van der Waals surface area contributed by atoms with Gasteiger partial charge in [-0.1, -0.05) is 26.2 Å². The molecule has 2 N–H and O–H groups in total. The van der Waals surface area contributed by atoms with Crippen LogP contribution in [0.5, 0.6) is 0 Å². The maximum atomic E-state index is 5.91. The van der Waals surface area contributed by atoms with E-state index in [9.17, 15) is 0 Å². The van der Waals surface area contributed by atoms with Gasteiger partial charge in [0.2, 0.25) is 0 Å². The van der Waals surface area contributed by atoms with Crippen LogP contribution in [0.2, 0.25) is 0 Å². The van der Waals surface area contributed by atoms with Crippen LogP contribution in [0.25, 0.3) is 0 Å². The molecule has 14 heavy (non-hydrogen) atoms. The number of nitrogens with zero attached hydrogens (tertiary/aromatic N) is 1. The molecule has 0 aliphatic heterocycles. The van der Waals surface area contributed by atoms with E-state index < -0.39 is 0 Å². The monoisotopic (exact) mass is 196 g/mol. The molecule has 0 radical (unpaired) electrons. The maximum absolute atomic E-state index is 5.91. The van der Waals surface area contributed by atoms with Gasteiger partial charge in [0.25, 0.3) is 0 Å². The van der Waals surface area contributed by atoms with Gasteiger partial charge in [-0.15, -0.1) is 0 Å². The van der Waals surface area contributed by atoms with Gasteiger partial charge in [0.15, 0.2) is 0 Å². The number of hydrogen-bond donors (Lipinski definition) is 1. The number of likely N-dealkylation sites (N-methyl/N-ethyl adjacent to an activating group) is 1. The lowest BCUT2D eigenvalue weighted by molar-refractivity contribution is 0.0993. The number of nitrogens with two attached hydrogens (primary N) is 1. The average molecular weight is 196 g/mol. The zero-order valence-electron chi connectivity index (χ0n) is 9.47. The molecule has 0 atom stereocenters. The molecule has 0 spiro atoms. The second kappa shape index (κ2) is 4.19. The van der Waals surface area contributed by atoms with Gasteiger partial charge in [0.1, 0.15) is 0 Å². The van der Waals surface area contributed by atoms with Crippen molar-refractivity contribution in [2.45, 2.75) is 63.5 Å². The minimum Gasteiger partial charge on any atom is -0.329 e. The van der Waals surface area contributed by atoms with Crippen LogP contribution in [0, 0.1) is 0 Å². The van der Waals surface area contributed by atoms with Crippen molar-refractivity contribution in [2.75, 3.05) is 13.1 Å². The Morgan fingerprint density at radius 3 is 2.29 bits per heavy atom. The molecular formula is C12H24N2. The summed E-state index contributed by atoms with van der Waals surface area (Å²) in [5.74, 6) is 0. The molecule has 0 amide bonds. The van der Waals surface area contributed by atoms with Gasteiger partial charge in [0, 0.05) is 18.1 Å². The molecule has 0 aromatic carbocycles. The van der Waals surface area contributed by atoms with E-state index in [1.807, 2.05) is 0 Å². The van der Waals surface area contributed by atoms with Crippen molar-refractivity contribution in [3.8, 4) is 0 Å². The third-order valence-electron chi connectivity index (χ3n) is 4.17. The molecule has 2 aliphatic rings. The van der Waals surface area contributed by atoms with E-state index in [4.69, 9.17) is 5.73 Å². The maximum Gasteiger partial charge on any atom is 0.0335 e. The van der Waals surface area contributed by atoms with Crippen molar-refractivity contribution in [1.82, 2.24) is 4.90 Å². The summed E-state index contributed by atoms with van der Waals surface area (Å²) < 4.78 is 0. The van der Waals surface area contributed by atoms with Crippen LogP contribution in [0.1, 0.15) is 51.9 Å². The SMILES string of the molecule is CCN(C1CCCCC1)C1(CN)CC1. The first-order chi connectivity index (χ1) is 6.82. The van der Waals surface area contributed by atoms with E-state index >= 15 is 0 Å². The molecule has 2 heteroatoms. The minimum atomic E-state index is 0.427. The summed E-state index contributed by atoms with van der Waals surface area (Å²) >= 11 is 0. The van der Waals surface area contributed by atoms with Crippen LogP contribution in [0.3, 0.4) is 0 Å². The highest BCUT2D eigenvalue weighted by atomic mass is 15.3. The molecule has 0 bridgehead atoms. The van der Waals surface area contributed by atoms with E-state index in [1.165, 1.54) is 51.5 Å². The molecule has 2 rings (SSSR count). The van der Waals surface area contributed by atoms with Crippen molar-refractivity contribution >= 4 is 0 Å². The van der Waals surface area contributed by atoms with Gasteiger partial charge < -0.3 is 5.73 Å². The predicted octanol–water partition coefficient (Wildman–Crippen LogP) is 2.13. The zero-order chi connectivity index (χ0) is 10.0. The molecule has 2 aliphatic carbocycles. The summed E-state index contributed by atoms with van der Waals surface area (Å²) in [5.41, 5.74) is 6.34. The normalized spacial score (nSPS) is 26.8. The van der Waals surface area contributed by atoms with Crippen LogP contribution >= 0.6 is 0 Å².